The number of fused-ring (bicyclic) bond motifs is 7. The van der Waals surface area contributed by atoms with Crippen LogP contribution in [0.2, 0.25) is 0 Å². The number of aliphatic hydroxyl groups is 3. The highest BCUT2D eigenvalue weighted by Crippen LogP contribution is 2.75. The number of aliphatic carboxylic acids is 1. The lowest BCUT2D eigenvalue weighted by molar-refractivity contribution is -0.206. The Balaban J connectivity index is 0.000000737. The second-order valence-corrected chi connectivity index (χ2v) is 15.1. The van der Waals surface area contributed by atoms with E-state index >= 15 is 0 Å². The van der Waals surface area contributed by atoms with Gasteiger partial charge in [0.25, 0.3) is 0 Å². The van der Waals surface area contributed by atoms with Crippen LogP contribution in [0.15, 0.2) is 11.6 Å². The number of rotatable bonds is 1. The molecular formula is C34H63NO5. The Morgan fingerprint density at radius 1 is 0.875 bits per heavy atom. The SMILES string of the molecule is CCO.CCO.C[C@H]1[C@H](C)CC[C@]2(C(=O)O)CC[C@]3(C)C(=CC[C@@H]4[C@@]5(C)CC[C@H](O)C(C)(C)[C@@H]5CC[C@]43C)[C@H]12.N. The van der Waals surface area contributed by atoms with Crippen molar-refractivity contribution >= 4 is 5.97 Å². The van der Waals surface area contributed by atoms with Gasteiger partial charge in [-0.15, -0.1) is 0 Å². The van der Waals surface area contributed by atoms with Crippen LogP contribution in [0.5, 0.6) is 0 Å². The summed E-state index contributed by atoms with van der Waals surface area (Å²) < 4.78 is 0. The first-order valence-electron chi connectivity index (χ1n) is 15.9. The molecule has 7 N–H and O–H groups in total. The first-order chi connectivity index (χ1) is 18.1. The fourth-order valence-corrected chi connectivity index (χ4v) is 10.8. The van der Waals surface area contributed by atoms with Crippen LogP contribution >= 0.6 is 0 Å². The lowest BCUT2D eigenvalue weighted by atomic mass is 9.33. The van der Waals surface area contributed by atoms with E-state index in [1.807, 2.05) is 0 Å². The van der Waals surface area contributed by atoms with Crippen molar-refractivity contribution in [1.82, 2.24) is 6.15 Å². The molecule has 0 heterocycles. The molecule has 0 bridgehead atoms. The van der Waals surface area contributed by atoms with Crippen LogP contribution in [-0.4, -0.2) is 45.7 Å². The highest BCUT2D eigenvalue weighted by molar-refractivity contribution is 5.76. The third-order valence-corrected chi connectivity index (χ3v) is 13.4. The molecule has 5 rings (SSSR count). The van der Waals surface area contributed by atoms with Gasteiger partial charge in [-0.05, 0) is 123 Å². The monoisotopic (exact) mass is 565 g/mol. The Kier molecular flexibility index (Phi) is 10.9. The van der Waals surface area contributed by atoms with Crippen molar-refractivity contribution in [2.24, 2.45) is 56.7 Å². The van der Waals surface area contributed by atoms with E-state index in [0.717, 1.165) is 44.9 Å². The van der Waals surface area contributed by atoms with Gasteiger partial charge >= 0.3 is 5.97 Å². The summed E-state index contributed by atoms with van der Waals surface area (Å²) >= 11 is 0. The first-order valence-corrected chi connectivity index (χ1v) is 15.9. The maximum Gasteiger partial charge on any atom is 0.310 e. The van der Waals surface area contributed by atoms with E-state index < -0.39 is 11.4 Å². The Hall–Kier alpha value is -0.950. The summed E-state index contributed by atoms with van der Waals surface area (Å²) in [6, 6.07) is 0. The zero-order chi connectivity index (χ0) is 29.6. The lowest BCUT2D eigenvalue weighted by Crippen LogP contribution is -2.65. The normalized spacial score (nSPS) is 46.5. The average Bonchev–Trinajstić information content (AvgIpc) is 2.85. The predicted molar refractivity (Wildman–Crippen MR) is 163 cm³/mol. The highest BCUT2D eigenvalue weighted by Gasteiger charge is 2.69. The van der Waals surface area contributed by atoms with Crippen molar-refractivity contribution in [2.75, 3.05) is 13.2 Å². The maximum absolute atomic E-state index is 12.8. The van der Waals surface area contributed by atoms with Gasteiger partial charge < -0.3 is 26.6 Å². The number of hydrogen-bond donors (Lipinski definition) is 5. The minimum absolute atomic E-state index is 0. The molecule has 40 heavy (non-hydrogen) atoms. The summed E-state index contributed by atoms with van der Waals surface area (Å²) in [5, 5.41) is 36.5. The van der Waals surface area contributed by atoms with E-state index in [0.29, 0.717) is 23.7 Å². The summed E-state index contributed by atoms with van der Waals surface area (Å²) in [6.45, 7) is 20.8. The van der Waals surface area contributed by atoms with Crippen LogP contribution in [0.3, 0.4) is 0 Å². The summed E-state index contributed by atoms with van der Waals surface area (Å²) in [6.07, 6.45) is 11.6. The van der Waals surface area contributed by atoms with Crippen molar-refractivity contribution in [3.05, 3.63) is 11.6 Å². The molecule has 4 saturated carbocycles. The molecule has 6 nitrogen and oxygen atoms in total. The molecule has 5 aliphatic carbocycles. The van der Waals surface area contributed by atoms with E-state index in [9.17, 15) is 15.0 Å². The summed E-state index contributed by atoms with van der Waals surface area (Å²) in [5.74, 6) is 1.82. The van der Waals surface area contributed by atoms with Crippen LogP contribution in [0.25, 0.3) is 0 Å². The number of allylic oxidation sites excluding steroid dienone is 2. The predicted octanol–water partition coefficient (Wildman–Crippen LogP) is 7.25. The van der Waals surface area contributed by atoms with Gasteiger partial charge in [-0.1, -0.05) is 60.1 Å². The van der Waals surface area contributed by atoms with Gasteiger partial charge in [-0.25, -0.2) is 0 Å². The van der Waals surface area contributed by atoms with Gasteiger partial charge in [0.05, 0.1) is 11.5 Å². The van der Waals surface area contributed by atoms with E-state index in [4.69, 9.17) is 10.2 Å². The molecule has 0 spiro atoms. The average molecular weight is 566 g/mol. The minimum Gasteiger partial charge on any atom is -0.481 e. The second-order valence-electron chi connectivity index (χ2n) is 15.1. The van der Waals surface area contributed by atoms with Gasteiger partial charge in [-0.3, -0.25) is 4.79 Å². The summed E-state index contributed by atoms with van der Waals surface area (Å²) in [5.41, 5.74) is 1.46. The molecule has 5 aliphatic rings. The van der Waals surface area contributed by atoms with Gasteiger partial charge in [0, 0.05) is 13.2 Å². The van der Waals surface area contributed by atoms with Crippen LogP contribution in [0, 0.1) is 56.7 Å². The van der Waals surface area contributed by atoms with Crippen LogP contribution in [-0.2, 0) is 4.79 Å². The van der Waals surface area contributed by atoms with E-state index in [1.54, 1.807) is 13.8 Å². The zero-order valence-electron chi connectivity index (χ0n) is 27.2. The van der Waals surface area contributed by atoms with Crippen LogP contribution in [0.4, 0.5) is 0 Å². The Labute approximate surface area is 245 Å². The van der Waals surface area contributed by atoms with Crippen molar-refractivity contribution in [3.63, 3.8) is 0 Å². The van der Waals surface area contributed by atoms with Gasteiger partial charge in [0.2, 0.25) is 0 Å². The first kappa shape index (κ1) is 35.2. The molecule has 0 saturated heterocycles. The summed E-state index contributed by atoms with van der Waals surface area (Å²) in [7, 11) is 0. The molecular weight excluding hydrogens is 502 g/mol. The van der Waals surface area contributed by atoms with E-state index in [-0.39, 0.29) is 53.0 Å². The number of carboxylic acid groups (broad SMARTS) is 1. The molecule has 0 unspecified atom stereocenters. The van der Waals surface area contributed by atoms with Crippen molar-refractivity contribution in [3.8, 4) is 0 Å². The van der Waals surface area contributed by atoms with Gasteiger partial charge in [0.15, 0.2) is 0 Å². The zero-order valence-corrected chi connectivity index (χ0v) is 27.2. The Morgan fingerprint density at radius 3 is 2.00 bits per heavy atom. The summed E-state index contributed by atoms with van der Waals surface area (Å²) in [4.78, 5) is 12.8. The van der Waals surface area contributed by atoms with Gasteiger partial charge in [-0.2, -0.15) is 0 Å². The van der Waals surface area contributed by atoms with Gasteiger partial charge in [0.1, 0.15) is 0 Å². The largest absolute Gasteiger partial charge is 0.481 e. The van der Waals surface area contributed by atoms with Crippen molar-refractivity contribution in [1.29, 1.82) is 0 Å². The van der Waals surface area contributed by atoms with Crippen molar-refractivity contribution in [2.45, 2.75) is 126 Å². The molecule has 0 aliphatic heterocycles. The highest BCUT2D eigenvalue weighted by atomic mass is 16.4. The quantitative estimate of drug-likeness (QED) is 0.213. The van der Waals surface area contributed by atoms with Crippen LogP contribution < -0.4 is 6.15 Å². The lowest BCUT2D eigenvalue weighted by Gasteiger charge is -2.71. The number of hydrogen-bond acceptors (Lipinski definition) is 5. The number of carbonyl (C=O) groups is 1. The molecule has 0 radical (unpaired) electrons. The molecule has 234 valence electrons. The van der Waals surface area contributed by atoms with Crippen LogP contribution in [0.1, 0.15) is 120 Å². The standard InChI is InChI=1S/C30H48O3.2C2H6O.H3N/c1-18-10-15-30(25(32)33)17-16-28(6)20(24(30)19(18)2)8-9-22-27(5)13-12-23(31)26(3,4)21(27)11-14-29(22,28)7;2*1-2-3;/h8,18-19,21-24,31H,9-17H2,1-7H3,(H,32,33);2*3H,2H2,1H3;1H3/t18-,19+,21+,22-,23+,24+,27+,28-,29-,30+;;;/m1.../s1. The number of aliphatic hydroxyl groups excluding tert-OH is 3. The Morgan fingerprint density at radius 2 is 1.45 bits per heavy atom. The molecule has 4 fully saturated rings. The van der Waals surface area contributed by atoms with Crippen molar-refractivity contribution < 1.29 is 25.2 Å². The van der Waals surface area contributed by atoms with E-state index in [1.165, 1.54) is 18.4 Å². The third-order valence-electron chi connectivity index (χ3n) is 13.4. The Bertz CT molecular complexity index is 916. The maximum atomic E-state index is 12.8. The molecule has 0 aromatic heterocycles. The smallest absolute Gasteiger partial charge is 0.310 e. The topological polar surface area (TPSA) is 133 Å². The molecule has 10 atom stereocenters. The molecule has 0 aromatic rings. The second kappa shape index (κ2) is 12.3. The third kappa shape index (κ3) is 5.01. The molecule has 0 aromatic carbocycles. The molecule has 0 amide bonds. The fraction of sp³-hybridized carbons (Fsp3) is 0.912. The fourth-order valence-electron chi connectivity index (χ4n) is 10.8. The molecule has 6 heteroatoms. The number of carboxylic acids is 1. The minimum atomic E-state index is -0.557. The van der Waals surface area contributed by atoms with E-state index in [2.05, 4.69) is 54.5 Å².